The number of carbonyl (C=O) groups is 2. The van der Waals surface area contributed by atoms with Crippen molar-refractivity contribution >= 4 is 23.5 Å². The van der Waals surface area contributed by atoms with E-state index in [9.17, 15) is 14.7 Å². The molecular formula is C21H25N3O4S. The first-order chi connectivity index (χ1) is 14.0. The lowest BCUT2D eigenvalue weighted by Crippen LogP contribution is -2.70. The number of likely N-dealkylation sites (tertiary alicyclic amines) is 1. The molecule has 29 heavy (non-hydrogen) atoms. The zero-order valence-electron chi connectivity index (χ0n) is 16.2. The third kappa shape index (κ3) is 3.94. The van der Waals surface area contributed by atoms with Crippen LogP contribution in [0.3, 0.4) is 0 Å². The molecule has 2 fully saturated rings. The predicted octanol–water partition coefficient (Wildman–Crippen LogP) is 3.90. The average Bonchev–Trinajstić information content (AvgIpc) is 3.25. The molecule has 0 bridgehead atoms. The van der Waals surface area contributed by atoms with Gasteiger partial charge in [0.25, 0.3) is 0 Å². The van der Waals surface area contributed by atoms with E-state index in [1.807, 2.05) is 23.6 Å². The molecule has 2 amide bonds. The number of benzene rings is 1. The summed E-state index contributed by atoms with van der Waals surface area (Å²) in [5.74, 6) is 0. The van der Waals surface area contributed by atoms with Gasteiger partial charge in [-0.3, -0.25) is 0 Å². The number of piperidine rings is 1. The Labute approximate surface area is 173 Å². The molecule has 154 valence electrons. The van der Waals surface area contributed by atoms with Crippen molar-refractivity contribution in [2.75, 3.05) is 13.1 Å². The van der Waals surface area contributed by atoms with Crippen molar-refractivity contribution in [1.82, 2.24) is 15.2 Å². The Morgan fingerprint density at radius 3 is 2.52 bits per heavy atom. The van der Waals surface area contributed by atoms with Gasteiger partial charge >= 0.3 is 12.2 Å². The minimum Gasteiger partial charge on any atom is -0.465 e. The SMILES string of the molecule is O=C(NC1(Cc2ccccc2)CCC12CCN(C(=O)O)CC2)OCc1cscn1. The maximum Gasteiger partial charge on any atom is 0.407 e. The summed E-state index contributed by atoms with van der Waals surface area (Å²) in [5, 5.41) is 14.4. The summed E-state index contributed by atoms with van der Waals surface area (Å²) in [7, 11) is 0. The van der Waals surface area contributed by atoms with E-state index >= 15 is 0 Å². The fraction of sp³-hybridized carbons (Fsp3) is 0.476. The van der Waals surface area contributed by atoms with Gasteiger partial charge in [0.15, 0.2) is 0 Å². The number of amides is 2. The molecule has 1 aliphatic carbocycles. The quantitative estimate of drug-likeness (QED) is 0.773. The van der Waals surface area contributed by atoms with Crippen molar-refractivity contribution in [3.63, 3.8) is 0 Å². The number of rotatable bonds is 5. The van der Waals surface area contributed by atoms with Crippen LogP contribution in [0.2, 0.25) is 0 Å². The molecule has 0 radical (unpaired) electrons. The van der Waals surface area contributed by atoms with E-state index in [-0.39, 0.29) is 12.0 Å². The highest BCUT2D eigenvalue weighted by Crippen LogP contribution is 2.57. The van der Waals surface area contributed by atoms with Crippen LogP contribution >= 0.6 is 11.3 Å². The van der Waals surface area contributed by atoms with Gasteiger partial charge in [-0.15, -0.1) is 11.3 Å². The molecule has 1 atom stereocenters. The van der Waals surface area contributed by atoms with Crippen molar-refractivity contribution < 1.29 is 19.4 Å². The van der Waals surface area contributed by atoms with E-state index in [2.05, 4.69) is 22.4 Å². The summed E-state index contributed by atoms with van der Waals surface area (Å²) in [6.45, 7) is 1.15. The molecular weight excluding hydrogens is 390 g/mol. The van der Waals surface area contributed by atoms with Crippen LogP contribution in [-0.4, -0.2) is 45.8 Å². The second-order valence-corrected chi connectivity index (χ2v) is 8.69. The second-order valence-electron chi connectivity index (χ2n) is 7.98. The van der Waals surface area contributed by atoms with Crippen LogP contribution in [0, 0.1) is 5.41 Å². The topological polar surface area (TPSA) is 91.8 Å². The molecule has 4 rings (SSSR count). The minimum atomic E-state index is -0.872. The molecule has 2 aromatic rings. The Morgan fingerprint density at radius 1 is 1.17 bits per heavy atom. The Balaban J connectivity index is 1.50. The zero-order chi connectivity index (χ0) is 20.3. The normalized spacial score (nSPS) is 22.7. The molecule has 1 saturated heterocycles. The van der Waals surface area contributed by atoms with E-state index in [4.69, 9.17) is 4.74 Å². The van der Waals surface area contributed by atoms with Crippen molar-refractivity contribution in [3.05, 3.63) is 52.5 Å². The Hall–Kier alpha value is -2.61. The zero-order valence-corrected chi connectivity index (χ0v) is 17.0. The average molecular weight is 416 g/mol. The molecule has 2 aliphatic rings. The molecule has 1 aromatic heterocycles. The van der Waals surface area contributed by atoms with Crippen molar-refractivity contribution in [3.8, 4) is 0 Å². The number of hydrogen-bond acceptors (Lipinski definition) is 5. The molecule has 8 heteroatoms. The van der Waals surface area contributed by atoms with Crippen molar-refractivity contribution in [2.45, 2.75) is 44.2 Å². The summed E-state index contributed by atoms with van der Waals surface area (Å²) >= 11 is 1.47. The van der Waals surface area contributed by atoms with Gasteiger partial charge in [-0.25, -0.2) is 14.6 Å². The van der Waals surface area contributed by atoms with Crippen LogP contribution in [0.1, 0.15) is 36.9 Å². The molecule has 7 nitrogen and oxygen atoms in total. The third-order valence-electron chi connectivity index (χ3n) is 6.56. The number of aromatic nitrogens is 1. The van der Waals surface area contributed by atoms with Crippen LogP contribution < -0.4 is 5.32 Å². The lowest BCUT2D eigenvalue weighted by molar-refractivity contribution is -0.0724. The largest absolute Gasteiger partial charge is 0.465 e. The Kier molecular flexibility index (Phi) is 5.45. The highest BCUT2D eigenvalue weighted by atomic mass is 32.1. The van der Waals surface area contributed by atoms with Gasteiger partial charge < -0.3 is 20.1 Å². The van der Waals surface area contributed by atoms with Gasteiger partial charge in [0, 0.05) is 18.5 Å². The van der Waals surface area contributed by atoms with Gasteiger partial charge in [-0.2, -0.15) is 0 Å². The van der Waals surface area contributed by atoms with E-state index < -0.39 is 17.7 Å². The van der Waals surface area contributed by atoms with Gasteiger partial charge in [0.05, 0.1) is 16.7 Å². The molecule has 1 unspecified atom stereocenters. The summed E-state index contributed by atoms with van der Waals surface area (Å²) in [4.78, 5) is 29.6. The molecule has 1 aliphatic heterocycles. The summed E-state index contributed by atoms with van der Waals surface area (Å²) in [5.41, 5.74) is 3.09. The number of hydrogen-bond donors (Lipinski definition) is 2. The number of nitrogens with one attached hydrogen (secondary N) is 1. The predicted molar refractivity (Wildman–Crippen MR) is 109 cm³/mol. The highest BCUT2D eigenvalue weighted by molar-refractivity contribution is 7.07. The van der Waals surface area contributed by atoms with Crippen LogP contribution in [0.25, 0.3) is 0 Å². The van der Waals surface area contributed by atoms with Crippen LogP contribution in [0.15, 0.2) is 41.2 Å². The number of ether oxygens (including phenoxy) is 1. The van der Waals surface area contributed by atoms with Crippen LogP contribution in [-0.2, 0) is 17.8 Å². The Morgan fingerprint density at radius 2 is 1.93 bits per heavy atom. The number of thiazole rings is 1. The number of alkyl carbamates (subject to hydrolysis) is 1. The van der Waals surface area contributed by atoms with E-state index in [1.54, 1.807) is 5.51 Å². The first-order valence-electron chi connectivity index (χ1n) is 9.86. The lowest BCUT2D eigenvalue weighted by atomic mass is 9.49. The maximum absolute atomic E-state index is 12.7. The number of carbonyl (C=O) groups excluding carboxylic acids is 1. The molecule has 1 spiro atoms. The molecule has 1 saturated carbocycles. The Bertz CT molecular complexity index is 850. The van der Waals surface area contributed by atoms with Crippen LogP contribution in [0.4, 0.5) is 9.59 Å². The molecule has 2 N–H and O–H groups in total. The van der Waals surface area contributed by atoms with Gasteiger partial charge in [0.2, 0.25) is 0 Å². The van der Waals surface area contributed by atoms with E-state index in [0.29, 0.717) is 19.5 Å². The second kappa shape index (κ2) is 8.02. The minimum absolute atomic E-state index is 0.103. The molecule has 2 heterocycles. The van der Waals surface area contributed by atoms with Crippen LogP contribution in [0.5, 0.6) is 0 Å². The van der Waals surface area contributed by atoms with Gasteiger partial charge in [-0.05, 0) is 43.1 Å². The lowest BCUT2D eigenvalue weighted by Gasteiger charge is -2.62. The van der Waals surface area contributed by atoms with Gasteiger partial charge in [0.1, 0.15) is 6.61 Å². The maximum atomic E-state index is 12.7. The highest BCUT2D eigenvalue weighted by Gasteiger charge is 2.60. The first kappa shape index (κ1) is 19.7. The standard InChI is InChI=1S/C21H25N3O4S/c25-18(28-13-17-14-29-15-22-17)23-21(12-16-4-2-1-3-5-16)7-6-20(21)8-10-24(11-9-20)19(26)27/h1-5,14-15H,6-13H2,(H,23,25)(H,26,27). The van der Waals surface area contributed by atoms with Gasteiger partial charge in [-0.1, -0.05) is 30.3 Å². The third-order valence-corrected chi connectivity index (χ3v) is 7.20. The summed E-state index contributed by atoms with van der Waals surface area (Å²) < 4.78 is 5.44. The van der Waals surface area contributed by atoms with E-state index in [0.717, 1.165) is 36.9 Å². The fourth-order valence-corrected chi connectivity index (χ4v) is 5.32. The van der Waals surface area contributed by atoms with E-state index in [1.165, 1.54) is 16.2 Å². The smallest absolute Gasteiger partial charge is 0.407 e. The first-order valence-corrected chi connectivity index (χ1v) is 10.8. The fourth-order valence-electron chi connectivity index (χ4n) is 4.77. The van der Waals surface area contributed by atoms with Crippen molar-refractivity contribution in [1.29, 1.82) is 0 Å². The number of nitrogens with zero attached hydrogens (tertiary/aromatic N) is 2. The van der Waals surface area contributed by atoms with Crippen molar-refractivity contribution in [2.24, 2.45) is 5.41 Å². The number of carboxylic acid groups (broad SMARTS) is 1. The molecule has 1 aromatic carbocycles. The monoisotopic (exact) mass is 415 g/mol. The summed E-state index contributed by atoms with van der Waals surface area (Å²) in [6, 6.07) is 10.1. The summed E-state index contributed by atoms with van der Waals surface area (Å²) in [6.07, 6.45) is 2.75.